The van der Waals surface area contributed by atoms with E-state index in [1.807, 2.05) is 6.92 Å². The molecule has 26 heavy (non-hydrogen) atoms. The van der Waals surface area contributed by atoms with Crippen LogP contribution >= 0.6 is 0 Å². The van der Waals surface area contributed by atoms with E-state index in [0.717, 1.165) is 22.0 Å². The van der Waals surface area contributed by atoms with Gasteiger partial charge in [-0.25, -0.2) is 9.78 Å². The van der Waals surface area contributed by atoms with Crippen LogP contribution in [0.15, 0.2) is 12.1 Å². The Morgan fingerprint density at radius 2 is 1.92 bits per heavy atom. The van der Waals surface area contributed by atoms with E-state index >= 15 is 0 Å². The normalized spacial score (nSPS) is 12.2. The summed E-state index contributed by atoms with van der Waals surface area (Å²) in [5, 5.41) is 1.02. The number of hydrogen-bond acceptors (Lipinski definition) is 6. The van der Waals surface area contributed by atoms with E-state index in [9.17, 15) is 4.79 Å². The summed E-state index contributed by atoms with van der Waals surface area (Å²) in [7, 11) is 1.48. The third kappa shape index (κ3) is 6.23. The minimum Gasteiger partial charge on any atom is -0.481 e. The molecule has 0 saturated carbocycles. The molecular formula is C19H31NO5Si. The Morgan fingerprint density at radius 3 is 2.42 bits per heavy atom. The van der Waals surface area contributed by atoms with E-state index in [2.05, 4.69) is 25.7 Å². The SMILES string of the molecule is CCOC(=O)C=C(CC)c1cc([Si](C)(C)C)nc(OC)c1COCOC. The van der Waals surface area contributed by atoms with Gasteiger partial charge in [0.25, 0.3) is 0 Å². The van der Waals surface area contributed by atoms with E-state index in [0.29, 0.717) is 18.9 Å². The lowest BCUT2D eigenvalue weighted by atomic mass is 9.99. The number of nitrogens with zero attached hydrogens (tertiary/aromatic N) is 1. The van der Waals surface area contributed by atoms with Crippen LogP contribution in [0.5, 0.6) is 5.88 Å². The van der Waals surface area contributed by atoms with Gasteiger partial charge in [0.05, 0.1) is 20.3 Å². The summed E-state index contributed by atoms with van der Waals surface area (Å²) < 4.78 is 21.2. The summed E-state index contributed by atoms with van der Waals surface area (Å²) in [6.07, 6.45) is 2.22. The second kappa shape index (κ2) is 10.4. The molecule has 0 aromatic carbocycles. The number of hydrogen-bond donors (Lipinski definition) is 0. The lowest BCUT2D eigenvalue weighted by Crippen LogP contribution is -2.40. The van der Waals surface area contributed by atoms with Crippen molar-refractivity contribution in [3.63, 3.8) is 0 Å². The summed E-state index contributed by atoms with van der Waals surface area (Å²) in [6.45, 7) is 11.3. The number of rotatable bonds is 10. The van der Waals surface area contributed by atoms with Gasteiger partial charge in [0.1, 0.15) is 14.9 Å². The van der Waals surface area contributed by atoms with Crippen molar-refractivity contribution in [2.45, 2.75) is 46.5 Å². The van der Waals surface area contributed by atoms with Gasteiger partial charge in [-0.1, -0.05) is 26.6 Å². The van der Waals surface area contributed by atoms with Crippen molar-refractivity contribution in [1.82, 2.24) is 4.98 Å². The monoisotopic (exact) mass is 381 g/mol. The van der Waals surface area contributed by atoms with E-state index in [1.165, 1.54) is 0 Å². The van der Waals surface area contributed by atoms with Crippen molar-refractivity contribution >= 4 is 24.9 Å². The van der Waals surface area contributed by atoms with Crippen LogP contribution in [0.2, 0.25) is 19.6 Å². The summed E-state index contributed by atoms with van der Waals surface area (Å²) in [4.78, 5) is 16.7. The first-order chi connectivity index (χ1) is 12.3. The first kappa shape index (κ1) is 22.3. The van der Waals surface area contributed by atoms with Crippen LogP contribution in [-0.4, -0.2) is 46.6 Å². The molecule has 0 aliphatic carbocycles. The Morgan fingerprint density at radius 1 is 1.23 bits per heavy atom. The molecule has 0 atom stereocenters. The second-order valence-corrected chi connectivity index (χ2v) is 11.8. The van der Waals surface area contributed by atoms with E-state index < -0.39 is 8.07 Å². The Bertz CT molecular complexity index is 638. The predicted octanol–water partition coefficient (Wildman–Crippen LogP) is 3.11. The fourth-order valence-corrected chi connectivity index (χ4v) is 3.47. The van der Waals surface area contributed by atoms with Crippen molar-refractivity contribution in [3.8, 4) is 5.88 Å². The molecule has 0 saturated heterocycles. The highest BCUT2D eigenvalue weighted by Gasteiger charge is 2.24. The minimum atomic E-state index is -1.69. The van der Waals surface area contributed by atoms with Gasteiger partial charge >= 0.3 is 5.97 Å². The van der Waals surface area contributed by atoms with Gasteiger partial charge in [-0.3, -0.25) is 0 Å². The Kier molecular flexibility index (Phi) is 8.98. The van der Waals surface area contributed by atoms with Crippen molar-refractivity contribution in [2.75, 3.05) is 27.6 Å². The molecular weight excluding hydrogens is 350 g/mol. The molecule has 0 N–H and O–H groups in total. The summed E-state index contributed by atoms with van der Waals surface area (Å²) in [5.41, 5.74) is 2.60. The third-order valence-electron chi connectivity index (χ3n) is 3.80. The molecule has 0 aliphatic rings. The molecule has 7 heteroatoms. The maximum absolute atomic E-state index is 12.0. The average molecular weight is 382 g/mol. The summed E-state index contributed by atoms with van der Waals surface area (Å²) in [5.74, 6) is 0.178. The second-order valence-electron chi connectivity index (χ2n) is 6.82. The zero-order valence-corrected chi connectivity index (χ0v) is 18.0. The molecule has 146 valence electrons. The standard InChI is InChI=1S/C19H31NO5Si/c1-8-14(10-18(21)25-9-2)15-11-17(26(5,6)7)20-19(23-4)16(15)12-24-13-22-3/h10-11H,8-9,12-13H2,1-7H3. The smallest absolute Gasteiger partial charge is 0.331 e. The fraction of sp³-hybridized carbons (Fsp3) is 0.579. The fourth-order valence-electron chi connectivity index (χ4n) is 2.45. The van der Waals surface area contributed by atoms with Crippen LogP contribution in [0.3, 0.4) is 0 Å². The Labute approximate surface area is 157 Å². The molecule has 0 radical (unpaired) electrons. The number of carbonyl (C=O) groups excluding carboxylic acids is 1. The van der Waals surface area contributed by atoms with E-state index in [1.54, 1.807) is 27.2 Å². The number of methoxy groups -OCH3 is 2. The van der Waals surface area contributed by atoms with Gasteiger partial charge in [-0.05, 0) is 30.5 Å². The lowest BCUT2D eigenvalue weighted by Gasteiger charge is -2.22. The first-order valence-corrected chi connectivity index (χ1v) is 12.3. The van der Waals surface area contributed by atoms with Crippen molar-refractivity contribution in [2.24, 2.45) is 0 Å². The number of pyridine rings is 1. The van der Waals surface area contributed by atoms with Gasteiger partial charge < -0.3 is 18.9 Å². The number of aromatic nitrogens is 1. The first-order valence-electron chi connectivity index (χ1n) is 8.81. The van der Waals surface area contributed by atoms with Gasteiger partial charge in [0.2, 0.25) is 5.88 Å². The van der Waals surface area contributed by atoms with Crippen LogP contribution in [0.25, 0.3) is 5.57 Å². The summed E-state index contributed by atoms with van der Waals surface area (Å²) in [6, 6.07) is 2.06. The Balaban J connectivity index is 3.53. The summed E-state index contributed by atoms with van der Waals surface area (Å²) >= 11 is 0. The Hall–Kier alpha value is -1.70. The number of carbonyl (C=O) groups is 1. The van der Waals surface area contributed by atoms with Crippen molar-refractivity contribution in [3.05, 3.63) is 23.3 Å². The highest BCUT2D eigenvalue weighted by Crippen LogP contribution is 2.29. The lowest BCUT2D eigenvalue weighted by molar-refractivity contribution is -0.137. The van der Waals surface area contributed by atoms with E-state index in [4.69, 9.17) is 23.9 Å². The molecule has 1 aromatic rings. The maximum Gasteiger partial charge on any atom is 0.331 e. The zero-order valence-electron chi connectivity index (χ0n) is 17.0. The molecule has 0 aliphatic heterocycles. The third-order valence-corrected chi connectivity index (χ3v) is 5.59. The molecule has 0 amide bonds. The van der Waals surface area contributed by atoms with Gasteiger partial charge in [-0.2, -0.15) is 0 Å². The largest absolute Gasteiger partial charge is 0.481 e. The molecule has 1 rings (SSSR count). The highest BCUT2D eigenvalue weighted by molar-refractivity contribution is 6.88. The van der Waals surface area contributed by atoms with Gasteiger partial charge in [0, 0.05) is 24.1 Å². The topological polar surface area (TPSA) is 66.9 Å². The number of ether oxygens (including phenoxy) is 4. The van der Waals surface area contributed by atoms with Crippen molar-refractivity contribution in [1.29, 1.82) is 0 Å². The molecule has 0 bridgehead atoms. The highest BCUT2D eigenvalue weighted by atomic mass is 28.3. The zero-order chi connectivity index (χ0) is 19.7. The van der Waals surface area contributed by atoms with Gasteiger partial charge in [0.15, 0.2) is 0 Å². The average Bonchev–Trinajstić information content (AvgIpc) is 2.59. The molecule has 1 aromatic heterocycles. The van der Waals surface area contributed by atoms with Crippen LogP contribution in [0.4, 0.5) is 0 Å². The number of esters is 1. The predicted molar refractivity (Wildman–Crippen MR) is 105 cm³/mol. The molecule has 0 fully saturated rings. The van der Waals surface area contributed by atoms with Crippen LogP contribution < -0.4 is 10.1 Å². The molecule has 6 nitrogen and oxygen atoms in total. The van der Waals surface area contributed by atoms with Gasteiger partial charge in [-0.15, -0.1) is 0 Å². The number of allylic oxidation sites excluding steroid dienone is 1. The van der Waals surface area contributed by atoms with E-state index in [-0.39, 0.29) is 19.4 Å². The minimum absolute atomic E-state index is 0.168. The van der Waals surface area contributed by atoms with Crippen LogP contribution in [0, 0.1) is 0 Å². The van der Waals surface area contributed by atoms with Crippen LogP contribution in [0.1, 0.15) is 31.4 Å². The molecule has 0 spiro atoms. The molecule has 0 unspecified atom stereocenters. The quantitative estimate of drug-likeness (QED) is 0.204. The maximum atomic E-state index is 12.0. The molecule has 1 heterocycles. The van der Waals surface area contributed by atoms with Crippen molar-refractivity contribution < 1.29 is 23.7 Å². The van der Waals surface area contributed by atoms with Crippen LogP contribution in [-0.2, 0) is 25.6 Å².